The molecule has 0 bridgehead atoms. The molecular weight excluding hydrogens is 361 g/mol. The highest BCUT2D eigenvalue weighted by Crippen LogP contribution is 2.21. The molecule has 1 aromatic carbocycles. The van der Waals surface area contributed by atoms with Crippen LogP contribution < -0.4 is 5.32 Å². The first-order valence-electron chi connectivity index (χ1n) is 8.54. The Labute approximate surface area is 155 Å². The van der Waals surface area contributed by atoms with Gasteiger partial charge in [0.1, 0.15) is 6.54 Å². The van der Waals surface area contributed by atoms with Gasteiger partial charge in [0.05, 0.1) is 6.04 Å². The predicted octanol–water partition coefficient (Wildman–Crippen LogP) is 3.68. The number of aromatic nitrogens is 2. The van der Waals surface area contributed by atoms with E-state index >= 15 is 0 Å². The van der Waals surface area contributed by atoms with Crippen molar-refractivity contribution in [2.24, 2.45) is 0 Å². The van der Waals surface area contributed by atoms with Crippen LogP contribution in [0.2, 0.25) is 0 Å². The minimum atomic E-state index is -4.43. The molecule has 1 heterocycles. The fraction of sp³-hybridized carbons (Fsp3) is 0.500. The third kappa shape index (κ3) is 6.06. The van der Waals surface area contributed by atoms with Crippen molar-refractivity contribution >= 4 is 5.91 Å². The third-order valence-electron chi connectivity index (χ3n) is 4.09. The maximum atomic E-state index is 12.2. The second-order valence-corrected chi connectivity index (χ2v) is 6.73. The van der Waals surface area contributed by atoms with Crippen molar-refractivity contribution in [2.45, 2.75) is 45.5 Å². The summed E-state index contributed by atoms with van der Waals surface area (Å²) in [7, 11) is 1.90. The normalized spacial score (nSPS) is 13.2. The van der Waals surface area contributed by atoms with E-state index in [0.29, 0.717) is 18.3 Å². The third-order valence-corrected chi connectivity index (χ3v) is 4.09. The van der Waals surface area contributed by atoms with Crippen LogP contribution in [0.4, 0.5) is 13.2 Å². The monoisotopic (exact) mass is 384 g/mol. The highest BCUT2D eigenvalue weighted by atomic mass is 19.4. The molecule has 6 nitrogen and oxygen atoms in total. The molecule has 0 aliphatic carbocycles. The molecule has 0 fully saturated rings. The van der Waals surface area contributed by atoms with Gasteiger partial charge in [0, 0.05) is 18.0 Å². The Morgan fingerprint density at radius 1 is 1.22 bits per heavy atom. The summed E-state index contributed by atoms with van der Waals surface area (Å²) in [5, 5.41) is 5.80. The molecule has 1 unspecified atom stereocenters. The molecule has 0 spiro atoms. The van der Waals surface area contributed by atoms with Crippen molar-refractivity contribution in [3.05, 3.63) is 47.1 Å². The lowest BCUT2D eigenvalue weighted by Crippen LogP contribution is -2.33. The van der Waals surface area contributed by atoms with Gasteiger partial charge in [-0.1, -0.05) is 31.1 Å². The SMILES string of the molecule is CC(C)c1noc(C(C)N(C)Cc2ccc(C(=O)NCC(F)(F)F)cc2)n1. The Kier molecular flexibility index (Phi) is 6.59. The standard InChI is InChI=1S/C18H23F3N4O2/c1-11(2)15-23-17(27-24-15)12(3)25(4)9-13-5-7-14(8-6-13)16(26)22-10-18(19,20)21/h5-8,11-12H,9-10H2,1-4H3,(H,22,26). The van der Waals surface area contributed by atoms with Gasteiger partial charge in [-0.25, -0.2) is 0 Å². The molecule has 9 heteroatoms. The van der Waals surface area contributed by atoms with E-state index in [1.54, 1.807) is 12.1 Å². The molecule has 1 amide bonds. The van der Waals surface area contributed by atoms with Crippen LogP contribution in [0.5, 0.6) is 0 Å². The lowest BCUT2D eigenvalue weighted by molar-refractivity contribution is -0.123. The quantitative estimate of drug-likeness (QED) is 0.789. The Hall–Kier alpha value is -2.42. The zero-order valence-electron chi connectivity index (χ0n) is 15.7. The molecule has 2 aromatic rings. The summed E-state index contributed by atoms with van der Waals surface area (Å²) < 4.78 is 41.8. The van der Waals surface area contributed by atoms with Crippen LogP contribution in [-0.2, 0) is 6.54 Å². The topological polar surface area (TPSA) is 71.3 Å². The fourth-order valence-electron chi connectivity index (χ4n) is 2.31. The average Bonchev–Trinajstić information content (AvgIpc) is 3.09. The lowest BCUT2D eigenvalue weighted by Gasteiger charge is -2.21. The maximum absolute atomic E-state index is 12.2. The van der Waals surface area contributed by atoms with Gasteiger partial charge in [-0.15, -0.1) is 0 Å². The smallest absolute Gasteiger partial charge is 0.343 e. The number of hydrogen-bond donors (Lipinski definition) is 1. The Morgan fingerprint density at radius 3 is 2.37 bits per heavy atom. The van der Waals surface area contributed by atoms with Crippen LogP contribution in [0, 0.1) is 0 Å². The molecule has 1 aromatic heterocycles. The molecule has 0 aliphatic heterocycles. The molecule has 2 rings (SSSR count). The average molecular weight is 384 g/mol. The highest BCUT2D eigenvalue weighted by Gasteiger charge is 2.28. The van der Waals surface area contributed by atoms with Gasteiger partial charge in [-0.3, -0.25) is 9.69 Å². The van der Waals surface area contributed by atoms with Crippen LogP contribution >= 0.6 is 0 Å². The summed E-state index contributed by atoms with van der Waals surface area (Å²) in [6.07, 6.45) is -4.43. The molecule has 27 heavy (non-hydrogen) atoms. The summed E-state index contributed by atoms with van der Waals surface area (Å²) in [6.45, 7) is 5.10. The number of nitrogens with zero attached hydrogens (tertiary/aromatic N) is 3. The van der Waals surface area contributed by atoms with Crippen LogP contribution in [0.3, 0.4) is 0 Å². The van der Waals surface area contributed by atoms with Gasteiger partial charge in [0.15, 0.2) is 5.82 Å². The number of alkyl halides is 3. The van der Waals surface area contributed by atoms with Gasteiger partial charge in [0.2, 0.25) is 5.89 Å². The van der Waals surface area contributed by atoms with Crippen molar-refractivity contribution in [3.63, 3.8) is 0 Å². The molecule has 0 saturated heterocycles. The molecular formula is C18H23F3N4O2. The first-order chi connectivity index (χ1) is 12.6. The molecule has 0 saturated carbocycles. The van der Waals surface area contributed by atoms with E-state index in [1.165, 1.54) is 12.1 Å². The zero-order valence-corrected chi connectivity index (χ0v) is 15.7. The Bertz CT molecular complexity index is 757. The summed E-state index contributed by atoms with van der Waals surface area (Å²) in [5.41, 5.74) is 1.08. The Morgan fingerprint density at radius 2 is 1.85 bits per heavy atom. The lowest BCUT2D eigenvalue weighted by atomic mass is 10.1. The van der Waals surface area contributed by atoms with Gasteiger partial charge in [0.25, 0.3) is 5.91 Å². The van der Waals surface area contributed by atoms with Crippen molar-refractivity contribution in [1.82, 2.24) is 20.4 Å². The van der Waals surface area contributed by atoms with E-state index in [2.05, 4.69) is 10.1 Å². The first kappa shape index (κ1) is 20.9. The summed E-state index contributed by atoms with van der Waals surface area (Å²) in [6, 6.07) is 6.31. The maximum Gasteiger partial charge on any atom is 0.405 e. The van der Waals surface area contributed by atoms with Gasteiger partial charge < -0.3 is 9.84 Å². The summed E-state index contributed by atoms with van der Waals surface area (Å²) in [4.78, 5) is 18.1. The predicted molar refractivity (Wildman–Crippen MR) is 93.1 cm³/mol. The number of amides is 1. The van der Waals surface area contributed by atoms with Gasteiger partial charge in [-0.05, 0) is 31.7 Å². The van der Waals surface area contributed by atoms with E-state index in [1.807, 2.05) is 38.0 Å². The van der Waals surface area contributed by atoms with Crippen molar-refractivity contribution in [1.29, 1.82) is 0 Å². The first-order valence-corrected chi connectivity index (χ1v) is 8.54. The minimum absolute atomic E-state index is 0.111. The van der Waals surface area contributed by atoms with Crippen molar-refractivity contribution < 1.29 is 22.5 Å². The summed E-state index contributed by atoms with van der Waals surface area (Å²) in [5.74, 6) is 0.590. The minimum Gasteiger partial charge on any atom is -0.343 e. The van der Waals surface area contributed by atoms with Crippen LogP contribution in [0.25, 0.3) is 0 Å². The van der Waals surface area contributed by atoms with E-state index in [4.69, 9.17) is 4.52 Å². The molecule has 148 valence electrons. The number of halogens is 3. The van der Waals surface area contributed by atoms with E-state index < -0.39 is 18.6 Å². The van der Waals surface area contributed by atoms with E-state index in [0.717, 1.165) is 5.56 Å². The van der Waals surface area contributed by atoms with Gasteiger partial charge in [-0.2, -0.15) is 18.2 Å². The van der Waals surface area contributed by atoms with Crippen molar-refractivity contribution in [2.75, 3.05) is 13.6 Å². The number of hydrogen-bond acceptors (Lipinski definition) is 5. The molecule has 1 N–H and O–H groups in total. The van der Waals surface area contributed by atoms with E-state index in [9.17, 15) is 18.0 Å². The summed E-state index contributed by atoms with van der Waals surface area (Å²) >= 11 is 0. The largest absolute Gasteiger partial charge is 0.405 e. The highest BCUT2D eigenvalue weighted by molar-refractivity contribution is 5.94. The number of benzene rings is 1. The van der Waals surface area contributed by atoms with Gasteiger partial charge >= 0.3 is 6.18 Å². The second-order valence-electron chi connectivity index (χ2n) is 6.73. The van der Waals surface area contributed by atoms with Crippen LogP contribution in [0.1, 0.15) is 60.4 Å². The molecule has 0 aliphatic rings. The number of rotatable bonds is 7. The van der Waals surface area contributed by atoms with Crippen molar-refractivity contribution in [3.8, 4) is 0 Å². The zero-order chi connectivity index (χ0) is 20.2. The van der Waals surface area contributed by atoms with Crippen LogP contribution in [0.15, 0.2) is 28.8 Å². The molecule has 0 radical (unpaired) electrons. The Balaban J connectivity index is 1.95. The number of carbonyl (C=O) groups excluding carboxylic acids is 1. The molecule has 1 atom stereocenters. The number of carbonyl (C=O) groups is 1. The van der Waals surface area contributed by atoms with Crippen LogP contribution in [-0.4, -0.2) is 40.7 Å². The fourth-order valence-corrected chi connectivity index (χ4v) is 2.31. The second kappa shape index (κ2) is 8.51. The number of nitrogens with one attached hydrogen (secondary N) is 1. The van der Waals surface area contributed by atoms with E-state index in [-0.39, 0.29) is 17.5 Å².